The second kappa shape index (κ2) is 4.22. The Hall–Kier alpha value is -1.11. The number of amides is 1. The summed E-state index contributed by atoms with van der Waals surface area (Å²) in [6.07, 6.45) is -3.04. The zero-order chi connectivity index (χ0) is 13.6. The summed E-state index contributed by atoms with van der Waals surface area (Å²) in [5, 5.41) is 14.0. The molecule has 4 nitrogen and oxygen atoms in total. The lowest BCUT2D eigenvalue weighted by Crippen LogP contribution is -2.61. The summed E-state index contributed by atoms with van der Waals surface area (Å²) in [7, 11) is 0. The molecule has 102 valence electrons. The highest BCUT2D eigenvalue weighted by molar-refractivity contribution is 5.93. The number of rotatable bonds is 1. The highest BCUT2D eigenvalue weighted by atomic mass is 19.4. The predicted molar refractivity (Wildman–Crippen MR) is 57.5 cm³/mol. The van der Waals surface area contributed by atoms with E-state index in [0.29, 0.717) is 18.6 Å². The first-order valence-electron chi connectivity index (χ1n) is 6.02. The maximum absolute atomic E-state index is 13.1. The van der Waals surface area contributed by atoms with Crippen LogP contribution in [0.15, 0.2) is 5.10 Å². The van der Waals surface area contributed by atoms with Gasteiger partial charge in [0.15, 0.2) is 0 Å². The standard InChI is InChI=1S/C11H15F3N2O2/c1-2-9(17)16-10(18,11(12,13)14)7-5-3-4-6-8(7)15-16/h7,18H,2-6H2,1H3/t7-,10-/m1/s1. The third kappa shape index (κ3) is 1.72. The van der Waals surface area contributed by atoms with Gasteiger partial charge in [-0.25, -0.2) is 0 Å². The molecular formula is C11H15F3N2O2. The van der Waals surface area contributed by atoms with Crippen LogP contribution in [0.1, 0.15) is 39.0 Å². The Morgan fingerprint density at radius 3 is 2.78 bits per heavy atom. The largest absolute Gasteiger partial charge is 0.439 e. The predicted octanol–water partition coefficient (Wildman–Crippen LogP) is 2.04. The summed E-state index contributed by atoms with van der Waals surface area (Å²) in [6, 6.07) is 0. The van der Waals surface area contributed by atoms with Crippen molar-refractivity contribution in [2.75, 3.05) is 0 Å². The number of carbonyl (C=O) groups is 1. The van der Waals surface area contributed by atoms with Crippen molar-refractivity contribution in [1.29, 1.82) is 0 Å². The molecule has 1 saturated carbocycles. The normalized spacial score (nSPS) is 32.2. The highest BCUT2D eigenvalue weighted by Gasteiger charge is 2.68. The van der Waals surface area contributed by atoms with E-state index in [2.05, 4.69) is 5.10 Å². The van der Waals surface area contributed by atoms with Gasteiger partial charge in [-0.1, -0.05) is 13.3 Å². The molecule has 0 bridgehead atoms. The van der Waals surface area contributed by atoms with Crippen molar-refractivity contribution >= 4 is 11.6 Å². The van der Waals surface area contributed by atoms with Crippen molar-refractivity contribution in [2.45, 2.75) is 50.9 Å². The summed E-state index contributed by atoms with van der Waals surface area (Å²) < 4.78 is 39.4. The van der Waals surface area contributed by atoms with Crippen LogP contribution in [-0.4, -0.2) is 33.6 Å². The second-order valence-electron chi connectivity index (χ2n) is 4.67. The first-order chi connectivity index (χ1) is 8.32. The molecule has 2 aliphatic rings. The van der Waals surface area contributed by atoms with E-state index in [0.717, 1.165) is 6.42 Å². The number of hydrogen-bond acceptors (Lipinski definition) is 3. The minimum absolute atomic E-state index is 0.123. The molecule has 0 aromatic heterocycles. The minimum atomic E-state index is -4.90. The lowest BCUT2D eigenvalue weighted by atomic mass is 9.80. The molecule has 0 radical (unpaired) electrons. The molecule has 1 amide bonds. The maximum atomic E-state index is 13.1. The Bertz CT molecular complexity index is 394. The van der Waals surface area contributed by atoms with Gasteiger partial charge in [-0.05, 0) is 19.3 Å². The smallest absolute Gasteiger partial charge is 0.362 e. The molecule has 2 rings (SSSR count). The molecule has 18 heavy (non-hydrogen) atoms. The van der Waals surface area contributed by atoms with Crippen LogP contribution in [0.25, 0.3) is 0 Å². The van der Waals surface area contributed by atoms with Gasteiger partial charge in [0, 0.05) is 12.1 Å². The van der Waals surface area contributed by atoms with Crippen LogP contribution in [-0.2, 0) is 4.79 Å². The number of alkyl halides is 3. The fraction of sp³-hybridized carbons (Fsp3) is 0.818. The molecule has 0 aromatic rings. The number of carbonyl (C=O) groups excluding carboxylic acids is 1. The first kappa shape index (κ1) is 13.3. The fourth-order valence-corrected chi connectivity index (χ4v) is 2.61. The van der Waals surface area contributed by atoms with E-state index < -0.39 is 23.7 Å². The van der Waals surface area contributed by atoms with Crippen molar-refractivity contribution in [3.63, 3.8) is 0 Å². The summed E-state index contributed by atoms with van der Waals surface area (Å²) in [5.74, 6) is -1.92. The van der Waals surface area contributed by atoms with E-state index in [1.54, 1.807) is 0 Å². The summed E-state index contributed by atoms with van der Waals surface area (Å²) in [6.45, 7) is 1.45. The zero-order valence-corrected chi connectivity index (χ0v) is 10.00. The topological polar surface area (TPSA) is 52.9 Å². The van der Waals surface area contributed by atoms with Crippen molar-refractivity contribution < 1.29 is 23.1 Å². The molecular weight excluding hydrogens is 249 g/mol. The van der Waals surface area contributed by atoms with Gasteiger partial charge in [-0.2, -0.15) is 23.3 Å². The van der Waals surface area contributed by atoms with E-state index in [9.17, 15) is 23.1 Å². The van der Waals surface area contributed by atoms with Crippen LogP contribution >= 0.6 is 0 Å². The van der Waals surface area contributed by atoms with Crippen LogP contribution in [0.3, 0.4) is 0 Å². The van der Waals surface area contributed by atoms with Crippen molar-refractivity contribution in [3.8, 4) is 0 Å². The Morgan fingerprint density at radius 2 is 2.22 bits per heavy atom. The van der Waals surface area contributed by atoms with Crippen molar-refractivity contribution in [1.82, 2.24) is 5.01 Å². The first-order valence-corrected chi connectivity index (χ1v) is 6.02. The Labute approximate surface area is 102 Å². The van der Waals surface area contributed by atoms with Gasteiger partial charge in [0.25, 0.3) is 5.72 Å². The van der Waals surface area contributed by atoms with Gasteiger partial charge in [0.1, 0.15) is 0 Å². The highest BCUT2D eigenvalue weighted by Crippen LogP contribution is 2.48. The molecule has 0 spiro atoms. The van der Waals surface area contributed by atoms with E-state index in [1.807, 2.05) is 0 Å². The third-order valence-electron chi connectivity index (χ3n) is 3.57. The Kier molecular flexibility index (Phi) is 3.12. The number of aliphatic hydroxyl groups is 1. The molecule has 0 saturated heterocycles. The number of nitrogens with zero attached hydrogens (tertiary/aromatic N) is 2. The van der Waals surface area contributed by atoms with Gasteiger partial charge in [-0.15, -0.1) is 0 Å². The van der Waals surface area contributed by atoms with E-state index >= 15 is 0 Å². The molecule has 7 heteroatoms. The SMILES string of the molecule is CCC(=O)N1N=C2CCCC[C@H]2[C@@]1(O)C(F)(F)F. The van der Waals surface area contributed by atoms with Gasteiger partial charge in [-0.3, -0.25) is 4.79 Å². The number of hydrogen-bond donors (Lipinski definition) is 1. The number of halogens is 3. The average molecular weight is 264 g/mol. The molecule has 1 aliphatic heterocycles. The Balaban J connectivity index is 2.43. The number of hydrazone groups is 1. The molecule has 0 unspecified atom stereocenters. The van der Waals surface area contributed by atoms with Crippen molar-refractivity contribution in [2.24, 2.45) is 11.0 Å². The van der Waals surface area contributed by atoms with E-state index in [4.69, 9.17) is 0 Å². The average Bonchev–Trinajstić information content (AvgIpc) is 2.63. The minimum Gasteiger partial charge on any atom is -0.362 e. The van der Waals surface area contributed by atoms with Gasteiger partial charge in [0.05, 0.1) is 5.92 Å². The monoisotopic (exact) mass is 264 g/mol. The van der Waals surface area contributed by atoms with Crippen LogP contribution in [0.5, 0.6) is 0 Å². The maximum Gasteiger partial charge on any atom is 0.439 e. The van der Waals surface area contributed by atoms with E-state index in [-0.39, 0.29) is 17.9 Å². The molecule has 1 heterocycles. The van der Waals surface area contributed by atoms with Crippen molar-refractivity contribution in [3.05, 3.63) is 0 Å². The lowest BCUT2D eigenvalue weighted by molar-refractivity contribution is -0.317. The quantitative estimate of drug-likeness (QED) is 0.788. The van der Waals surface area contributed by atoms with E-state index in [1.165, 1.54) is 6.92 Å². The molecule has 2 atom stereocenters. The Morgan fingerprint density at radius 1 is 1.56 bits per heavy atom. The molecule has 1 aliphatic carbocycles. The third-order valence-corrected chi connectivity index (χ3v) is 3.57. The van der Waals surface area contributed by atoms with Crippen LogP contribution < -0.4 is 0 Å². The number of fused-ring (bicyclic) bond motifs is 1. The van der Waals surface area contributed by atoms with Gasteiger partial charge in [0.2, 0.25) is 5.91 Å². The second-order valence-corrected chi connectivity index (χ2v) is 4.67. The molecule has 0 aromatic carbocycles. The van der Waals surface area contributed by atoms with Gasteiger partial charge >= 0.3 is 6.18 Å². The summed E-state index contributed by atoms with van der Waals surface area (Å²) >= 11 is 0. The fourth-order valence-electron chi connectivity index (χ4n) is 2.61. The van der Waals surface area contributed by atoms with Crippen LogP contribution in [0.4, 0.5) is 13.2 Å². The molecule has 1 N–H and O–H groups in total. The van der Waals surface area contributed by atoms with Crippen LogP contribution in [0, 0.1) is 5.92 Å². The molecule has 1 fully saturated rings. The van der Waals surface area contributed by atoms with Crippen LogP contribution in [0.2, 0.25) is 0 Å². The summed E-state index contributed by atoms with van der Waals surface area (Å²) in [5.41, 5.74) is -2.86. The lowest BCUT2D eigenvalue weighted by Gasteiger charge is -2.38. The zero-order valence-electron chi connectivity index (χ0n) is 10.00. The summed E-state index contributed by atoms with van der Waals surface area (Å²) in [4.78, 5) is 11.6. The van der Waals surface area contributed by atoms with Gasteiger partial charge < -0.3 is 5.11 Å².